The molecule has 1 fully saturated rings. The van der Waals surface area contributed by atoms with Gasteiger partial charge in [-0.05, 0) is 61.4 Å². The minimum Gasteiger partial charge on any atom is -0.497 e. The van der Waals surface area contributed by atoms with Crippen molar-refractivity contribution in [2.24, 2.45) is 11.3 Å². The zero-order valence-electron chi connectivity index (χ0n) is 24.1. The maximum Gasteiger partial charge on any atom is 0.251 e. The van der Waals surface area contributed by atoms with E-state index in [1.807, 2.05) is 51.1 Å². The van der Waals surface area contributed by atoms with Crippen LogP contribution in [0.5, 0.6) is 5.75 Å². The van der Waals surface area contributed by atoms with E-state index in [1.165, 1.54) is 0 Å². The summed E-state index contributed by atoms with van der Waals surface area (Å²) in [4.78, 5) is 48.5. The lowest BCUT2D eigenvalue weighted by molar-refractivity contribution is -0.125. The summed E-state index contributed by atoms with van der Waals surface area (Å²) < 4.78 is 5.24. The topological polar surface area (TPSA) is 126 Å². The fourth-order valence-corrected chi connectivity index (χ4v) is 4.47. The van der Waals surface area contributed by atoms with Crippen molar-refractivity contribution in [2.75, 3.05) is 43.5 Å². The average Bonchev–Trinajstić information content (AvgIpc) is 2.99. The number of nitrogens with one attached hydrogen (secondary N) is 3. The SMILES string of the molecule is COc1ccc(-c2cc(N3CCCC(C(=O)NCCNC(=O)c4ccc(NC(=O)C(C)(C)C)cc4)C3)ncn2)cc1. The summed E-state index contributed by atoms with van der Waals surface area (Å²) in [5, 5.41) is 8.62. The van der Waals surface area contributed by atoms with E-state index in [0.29, 0.717) is 30.9 Å². The second kappa shape index (κ2) is 13.3. The number of piperidine rings is 1. The van der Waals surface area contributed by atoms with Gasteiger partial charge in [-0.15, -0.1) is 0 Å². The molecule has 2 aromatic carbocycles. The normalized spacial score (nSPS) is 15.1. The Kier molecular flexibility index (Phi) is 9.54. The van der Waals surface area contributed by atoms with Gasteiger partial charge in [0.2, 0.25) is 11.8 Å². The number of carbonyl (C=O) groups is 3. The Balaban J connectivity index is 1.23. The quantitative estimate of drug-likeness (QED) is 0.340. The van der Waals surface area contributed by atoms with Crippen LogP contribution in [0.4, 0.5) is 11.5 Å². The van der Waals surface area contributed by atoms with Crippen LogP contribution in [0.3, 0.4) is 0 Å². The minimum absolute atomic E-state index is 0.0349. The van der Waals surface area contributed by atoms with Crippen molar-refractivity contribution in [1.82, 2.24) is 20.6 Å². The van der Waals surface area contributed by atoms with Crippen molar-refractivity contribution in [3.63, 3.8) is 0 Å². The third kappa shape index (κ3) is 8.03. The lowest BCUT2D eigenvalue weighted by Gasteiger charge is -2.33. The molecule has 1 atom stereocenters. The Morgan fingerprint density at radius 3 is 2.37 bits per heavy atom. The molecule has 0 radical (unpaired) electrons. The molecule has 1 aliphatic rings. The molecule has 1 aromatic heterocycles. The molecule has 3 aromatic rings. The Bertz CT molecular complexity index is 1350. The number of aromatic nitrogens is 2. The van der Waals surface area contributed by atoms with E-state index in [9.17, 15) is 14.4 Å². The summed E-state index contributed by atoms with van der Waals surface area (Å²) in [6.45, 7) is 7.53. The van der Waals surface area contributed by atoms with Crippen LogP contribution in [0.15, 0.2) is 60.9 Å². The predicted molar refractivity (Wildman–Crippen MR) is 159 cm³/mol. The van der Waals surface area contributed by atoms with E-state index >= 15 is 0 Å². The fourth-order valence-electron chi connectivity index (χ4n) is 4.47. The molecule has 3 amide bonds. The van der Waals surface area contributed by atoms with Gasteiger partial charge in [0, 0.05) is 54.5 Å². The van der Waals surface area contributed by atoms with Gasteiger partial charge < -0.3 is 25.6 Å². The predicted octanol–water partition coefficient (Wildman–Crippen LogP) is 3.90. The highest BCUT2D eigenvalue weighted by atomic mass is 16.5. The van der Waals surface area contributed by atoms with E-state index in [0.717, 1.165) is 42.2 Å². The van der Waals surface area contributed by atoms with Crippen LogP contribution < -0.4 is 25.6 Å². The number of amides is 3. The monoisotopic (exact) mass is 558 g/mol. The van der Waals surface area contributed by atoms with E-state index in [2.05, 4.69) is 30.8 Å². The van der Waals surface area contributed by atoms with E-state index in [-0.39, 0.29) is 23.6 Å². The Labute approximate surface area is 240 Å². The number of hydrogen-bond acceptors (Lipinski definition) is 7. The van der Waals surface area contributed by atoms with Crippen molar-refractivity contribution < 1.29 is 19.1 Å². The third-order valence-electron chi connectivity index (χ3n) is 6.95. The van der Waals surface area contributed by atoms with Crippen LogP contribution in [-0.4, -0.2) is 61.0 Å². The number of anilines is 2. The Morgan fingerprint density at radius 1 is 0.976 bits per heavy atom. The average molecular weight is 559 g/mol. The van der Waals surface area contributed by atoms with Crippen LogP contribution in [0, 0.1) is 11.3 Å². The van der Waals surface area contributed by atoms with Gasteiger partial charge in [-0.1, -0.05) is 20.8 Å². The van der Waals surface area contributed by atoms with Gasteiger partial charge in [0.25, 0.3) is 5.91 Å². The van der Waals surface area contributed by atoms with E-state index in [4.69, 9.17) is 4.74 Å². The first-order chi connectivity index (χ1) is 19.6. The number of nitrogens with zero attached hydrogens (tertiary/aromatic N) is 3. The van der Waals surface area contributed by atoms with Crippen molar-refractivity contribution >= 4 is 29.2 Å². The highest BCUT2D eigenvalue weighted by Gasteiger charge is 2.27. The van der Waals surface area contributed by atoms with Crippen molar-refractivity contribution in [3.05, 3.63) is 66.5 Å². The number of rotatable bonds is 9. The van der Waals surface area contributed by atoms with Gasteiger partial charge in [0.1, 0.15) is 17.9 Å². The molecular weight excluding hydrogens is 520 g/mol. The molecule has 1 saturated heterocycles. The fraction of sp³-hybridized carbons (Fsp3) is 0.387. The molecule has 0 bridgehead atoms. The summed E-state index contributed by atoms with van der Waals surface area (Å²) in [7, 11) is 1.63. The molecule has 216 valence electrons. The van der Waals surface area contributed by atoms with E-state index < -0.39 is 5.41 Å². The zero-order chi connectivity index (χ0) is 29.4. The summed E-state index contributed by atoms with van der Waals surface area (Å²) in [5.41, 5.74) is 2.38. The Morgan fingerprint density at radius 2 is 1.68 bits per heavy atom. The molecule has 0 aliphatic carbocycles. The van der Waals surface area contributed by atoms with Crippen LogP contribution in [-0.2, 0) is 9.59 Å². The molecule has 10 heteroatoms. The lowest BCUT2D eigenvalue weighted by Crippen LogP contribution is -2.45. The van der Waals surface area contributed by atoms with Gasteiger partial charge >= 0.3 is 0 Å². The van der Waals surface area contributed by atoms with Crippen molar-refractivity contribution in [3.8, 4) is 17.0 Å². The molecule has 41 heavy (non-hydrogen) atoms. The number of hydrogen-bond donors (Lipinski definition) is 3. The molecule has 1 aliphatic heterocycles. The second-order valence-electron chi connectivity index (χ2n) is 11.1. The highest BCUT2D eigenvalue weighted by molar-refractivity contribution is 5.97. The van der Waals surface area contributed by atoms with Crippen LogP contribution in [0.1, 0.15) is 44.0 Å². The molecule has 4 rings (SSSR count). The summed E-state index contributed by atoms with van der Waals surface area (Å²) in [6.07, 6.45) is 3.23. The van der Waals surface area contributed by atoms with Crippen LogP contribution in [0.25, 0.3) is 11.3 Å². The number of benzene rings is 2. The Hall–Kier alpha value is -4.47. The molecule has 1 unspecified atom stereocenters. The van der Waals surface area contributed by atoms with Gasteiger partial charge in [0.05, 0.1) is 18.7 Å². The number of methoxy groups -OCH3 is 1. The standard InChI is InChI=1S/C31H38N6O4/c1-31(2,3)30(40)36-24-11-7-22(8-12-24)28(38)32-15-16-33-29(39)23-6-5-17-37(19-23)27-18-26(34-20-35-27)21-9-13-25(41-4)14-10-21/h7-14,18,20,23H,5-6,15-17,19H2,1-4H3,(H,32,38)(H,33,39)(H,36,40). The molecule has 0 saturated carbocycles. The molecule has 10 nitrogen and oxygen atoms in total. The first-order valence-electron chi connectivity index (χ1n) is 13.8. The molecule has 0 spiro atoms. The largest absolute Gasteiger partial charge is 0.497 e. The first kappa shape index (κ1) is 29.5. The van der Waals surface area contributed by atoms with Crippen LogP contribution in [0.2, 0.25) is 0 Å². The smallest absolute Gasteiger partial charge is 0.251 e. The maximum atomic E-state index is 12.9. The van der Waals surface area contributed by atoms with Crippen molar-refractivity contribution in [1.29, 1.82) is 0 Å². The summed E-state index contributed by atoms with van der Waals surface area (Å²) in [6, 6.07) is 16.4. The minimum atomic E-state index is -0.506. The molecule has 3 N–H and O–H groups in total. The van der Waals surface area contributed by atoms with Gasteiger partial charge in [-0.3, -0.25) is 14.4 Å². The molecule has 2 heterocycles. The lowest BCUT2D eigenvalue weighted by atomic mass is 9.95. The van der Waals surface area contributed by atoms with Gasteiger partial charge in [0.15, 0.2) is 0 Å². The van der Waals surface area contributed by atoms with Crippen LogP contribution >= 0.6 is 0 Å². The number of carbonyl (C=O) groups excluding carboxylic acids is 3. The second-order valence-corrected chi connectivity index (χ2v) is 11.1. The van der Waals surface area contributed by atoms with Gasteiger partial charge in [-0.2, -0.15) is 0 Å². The third-order valence-corrected chi connectivity index (χ3v) is 6.95. The maximum absolute atomic E-state index is 12.9. The zero-order valence-corrected chi connectivity index (χ0v) is 24.1. The number of ether oxygens (including phenoxy) is 1. The summed E-state index contributed by atoms with van der Waals surface area (Å²) >= 11 is 0. The highest BCUT2D eigenvalue weighted by Crippen LogP contribution is 2.26. The van der Waals surface area contributed by atoms with E-state index in [1.54, 1.807) is 37.7 Å². The van der Waals surface area contributed by atoms with Crippen molar-refractivity contribution in [2.45, 2.75) is 33.6 Å². The first-order valence-corrected chi connectivity index (χ1v) is 13.8. The summed E-state index contributed by atoms with van der Waals surface area (Å²) in [5.74, 6) is 1.03. The molecular formula is C31H38N6O4. The van der Waals surface area contributed by atoms with Gasteiger partial charge in [-0.25, -0.2) is 9.97 Å².